The first kappa shape index (κ1) is 10.2. The minimum Gasteiger partial charge on any atom is -0.457 e. The maximum absolute atomic E-state index is 5.88. The van der Waals surface area contributed by atoms with Crippen LogP contribution in [0.2, 0.25) is 0 Å². The van der Waals surface area contributed by atoms with Gasteiger partial charge in [-0.2, -0.15) is 0 Å². The number of fused-ring (bicyclic) bond motifs is 2. The molecule has 0 N–H and O–H groups in total. The van der Waals surface area contributed by atoms with Gasteiger partial charge in [-0.15, -0.1) is 6.58 Å². The lowest BCUT2D eigenvalue weighted by Gasteiger charge is -2.20. The Bertz CT molecular complexity index is 569. The smallest absolute Gasteiger partial charge is 0.130 e. The summed E-state index contributed by atoms with van der Waals surface area (Å²) in [6, 6.07) is 14.6. The fourth-order valence-corrected chi connectivity index (χ4v) is 2.24. The van der Waals surface area contributed by atoms with Crippen LogP contribution in [0.3, 0.4) is 0 Å². The van der Waals surface area contributed by atoms with Crippen LogP contribution in [-0.2, 0) is 12.8 Å². The van der Waals surface area contributed by atoms with Gasteiger partial charge in [0.2, 0.25) is 0 Å². The molecule has 1 aliphatic rings. The minimum absolute atomic E-state index is 0.912. The van der Waals surface area contributed by atoms with Crippen molar-refractivity contribution in [3.63, 3.8) is 0 Å². The van der Waals surface area contributed by atoms with E-state index in [-0.39, 0.29) is 0 Å². The van der Waals surface area contributed by atoms with E-state index in [1.165, 1.54) is 16.7 Å². The Balaban J connectivity index is 2.00. The number of benzene rings is 2. The first-order valence-electron chi connectivity index (χ1n) is 5.85. The standard InChI is InChI=1S/C16H14O/c1-2-5-12-8-9-16-14(10-12)11-13-6-3-4-7-15(13)17-16/h2-4,6-10H,1,5,11H2. The Kier molecular flexibility index (Phi) is 2.45. The van der Waals surface area contributed by atoms with E-state index in [1.807, 2.05) is 18.2 Å². The third-order valence-electron chi connectivity index (χ3n) is 3.08. The Morgan fingerprint density at radius 1 is 1.06 bits per heavy atom. The summed E-state index contributed by atoms with van der Waals surface area (Å²) in [5.74, 6) is 1.97. The maximum Gasteiger partial charge on any atom is 0.130 e. The van der Waals surface area contributed by atoms with Gasteiger partial charge in [-0.05, 0) is 35.2 Å². The Morgan fingerprint density at radius 2 is 1.88 bits per heavy atom. The predicted molar refractivity (Wildman–Crippen MR) is 69.7 cm³/mol. The van der Waals surface area contributed by atoms with Gasteiger partial charge in [-0.1, -0.05) is 36.4 Å². The van der Waals surface area contributed by atoms with Crippen LogP contribution in [0.15, 0.2) is 55.1 Å². The monoisotopic (exact) mass is 222 g/mol. The molecule has 0 atom stereocenters. The average molecular weight is 222 g/mol. The van der Waals surface area contributed by atoms with Crippen LogP contribution in [0.1, 0.15) is 16.7 Å². The topological polar surface area (TPSA) is 9.23 Å². The number of hydrogen-bond donors (Lipinski definition) is 0. The highest BCUT2D eigenvalue weighted by atomic mass is 16.5. The molecule has 0 saturated heterocycles. The number of rotatable bonds is 2. The van der Waals surface area contributed by atoms with Crippen LogP contribution >= 0.6 is 0 Å². The van der Waals surface area contributed by atoms with E-state index in [4.69, 9.17) is 4.74 Å². The number of ether oxygens (including phenoxy) is 1. The fourth-order valence-electron chi connectivity index (χ4n) is 2.24. The van der Waals surface area contributed by atoms with Crippen molar-refractivity contribution < 1.29 is 4.74 Å². The molecule has 17 heavy (non-hydrogen) atoms. The molecular formula is C16H14O. The molecular weight excluding hydrogens is 208 g/mol. The summed E-state index contributed by atoms with van der Waals surface area (Å²) in [7, 11) is 0. The highest BCUT2D eigenvalue weighted by Gasteiger charge is 2.16. The zero-order valence-corrected chi connectivity index (χ0v) is 9.65. The SMILES string of the molecule is C=CCc1ccc2c(c1)Cc1ccccc1O2. The molecule has 1 aliphatic heterocycles. The summed E-state index contributed by atoms with van der Waals surface area (Å²) in [6.45, 7) is 3.77. The van der Waals surface area contributed by atoms with Gasteiger partial charge in [0, 0.05) is 6.42 Å². The first-order valence-corrected chi connectivity index (χ1v) is 5.85. The van der Waals surface area contributed by atoms with Gasteiger partial charge in [0.05, 0.1) is 0 Å². The molecule has 2 aromatic carbocycles. The lowest BCUT2D eigenvalue weighted by Crippen LogP contribution is -2.03. The van der Waals surface area contributed by atoms with E-state index in [1.54, 1.807) is 0 Å². The van der Waals surface area contributed by atoms with Crippen LogP contribution in [0.4, 0.5) is 0 Å². The molecule has 3 rings (SSSR count). The molecule has 0 unspecified atom stereocenters. The molecule has 1 heterocycles. The van der Waals surface area contributed by atoms with Crippen molar-refractivity contribution in [3.8, 4) is 11.5 Å². The van der Waals surface area contributed by atoms with Gasteiger partial charge in [-0.3, -0.25) is 0 Å². The number of para-hydroxylation sites is 1. The second-order valence-corrected chi connectivity index (χ2v) is 4.32. The van der Waals surface area contributed by atoms with Crippen LogP contribution in [-0.4, -0.2) is 0 Å². The second-order valence-electron chi connectivity index (χ2n) is 4.32. The molecule has 0 fully saturated rings. The normalized spacial score (nSPS) is 12.2. The first-order chi connectivity index (χ1) is 8.36. The summed E-state index contributed by atoms with van der Waals surface area (Å²) in [4.78, 5) is 0. The van der Waals surface area contributed by atoms with E-state index in [0.717, 1.165) is 24.3 Å². The summed E-state index contributed by atoms with van der Waals surface area (Å²) in [5.41, 5.74) is 3.82. The molecule has 0 aromatic heterocycles. The average Bonchev–Trinajstić information content (AvgIpc) is 2.36. The van der Waals surface area contributed by atoms with Crippen LogP contribution in [0.5, 0.6) is 11.5 Å². The molecule has 1 heteroatoms. The van der Waals surface area contributed by atoms with Crippen LogP contribution in [0, 0.1) is 0 Å². The summed E-state index contributed by atoms with van der Waals surface area (Å²) < 4.78 is 5.88. The predicted octanol–water partition coefficient (Wildman–Crippen LogP) is 4.11. The van der Waals surface area contributed by atoms with E-state index in [2.05, 4.69) is 36.9 Å². The van der Waals surface area contributed by atoms with Gasteiger partial charge < -0.3 is 4.74 Å². The summed E-state index contributed by atoms with van der Waals surface area (Å²) in [5, 5.41) is 0. The van der Waals surface area contributed by atoms with Gasteiger partial charge in [-0.25, -0.2) is 0 Å². The summed E-state index contributed by atoms with van der Waals surface area (Å²) in [6.07, 6.45) is 3.80. The largest absolute Gasteiger partial charge is 0.457 e. The van der Waals surface area contributed by atoms with Gasteiger partial charge in [0.1, 0.15) is 11.5 Å². The van der Waals surface area contributed by atoms with E-state index in [0.29, 0.717) is 0 Å². The molecule has 0 bridgehead atoms. The van der Waals surface area contributed by atoms with Crippen LogP contribution in [0.25, 0.3) is 0 Å². The molecule has 0 spiro atoms. The molecule has 0 saturated carbocycles. The fraction of sp³-hybridized carbons (Fsp3) is 0.125. The van der Waals surface area contributed by atoms with Crippen molar-refractivity contribution in [2.75, 3.05) is 0 Å². The molecule has 84 valence electrons. The van der Waals surface area contributed by atoms with E-state index >= 15 is 0 Å². The van der Waals surface area contributed by atoms with Gasteiger partial charge in [0.15, 0.2) is 0 Å². The number of allylic oxidation sites excluding steroid dienone is 1. The second kappa shape index (κ2) is 4.10. The maximum atomic E-state index is 5.88. The minimum atomic E-state index is 0.912. The van der Waals surface area contributed by atoms with Gasteiger partial charge >= 0.3 is 0 Å². The quantitative estimate of drug-likeness (QED) is 0.593. The Morgan fingerprint density at radius 3 is 2.76 bits per heavy atom. The third kappa shape index (κ3) is 1.84. The lowest BCUT2D eigenvalue weighted by molar-refractivity contribution is 0.460. The van der Waals surface area contributed by atoms with E-state index in [9.17, 15) is 0 Å². The van der Waals surface area contributed by atoms with E-state index < -0.39 is 0 Å². The van der Waals surface area contributed by atoms with Crippen molar-refractivity contribution in [2.45, 2.75) is 12.8 Å². The molecule has 2 aromatic rings. The zero-order valence-electron chi connectivity index (χ0n) is 9.65. The Hall–Kier alpha value is -2.02. The van der Waals surface area contributed by atoms with Gasteiger partial charge in [0.25, 0.3) is 0 Å². The highest BCUT2D eigenvalue weighted by molar-refractivity contribution is 5.50. The third-order valence-corrected chi connectivity index (χ3v) is 3.08. The molecule has 0 radical (unpaired) electrons. The molecule has 1 nitrogen and oxygen atoms in total. The van der Waals surface area contributed by atoms with Crippen molar-refractivity contribution in [3.05, 3.63) is 71.8 Å². The lowest BCUT2D eigenvalue weighted by atomic mass is 9.98. The van der Waals surface area contributed by atoms with Crippen molar-refractivity contribution >= 4 is 0 Å². The molecule has 0 amide bonds. The number of hydrogen-bond acceptors (Lipinski definition) is 1. The van der Waals surface area contributed by atoms with Crippen molar-refractivity contribution in [2.24, 2.45) is 0 Å². The van der Waals surface area contributed by atoms with Crippen LogP contribution < -0.4 is 4.74 Å². The summed E-state index contributed by atoms with van der Waals surface area (Å²) >= 11 is 0. The van der Waals surface area contributed by atoms with Crippen molar-refractivity contribution in [1.29, 1.82) is 0 Å². The highest BCUT2D eigenvalue weighted by Crippen LogP contribution is 2.36. The molecule has 0 aliphatic carbocycles. The van der Waals surface area contributed by atoms with Crippen molar-refractivity contribution in [1.82, 2.24) is 0 Å². The zero-order chi connectivity index (χ0) is 11.7. The Labute approximate surface area is 101 Å².